The molecule has 0 atom stereocenters. The number of aromatic nitrogens is 4. The summed E-state index contributed by atoms with van der Waals surface area (Å²) in [6.07, 6.45) is 0. The standard InChI is InChI=1S/C23H19BrCl2N4OS/c1-12(31)18-19(21-27-28-22(32-21)23(2,3)4)29-30(17-10-9-15(25)11-16(17)26)20(18)13-5-7-14(24)8-6-13/h5-11H,1-4H3. The van der Waals surface area contributed by atoms with Crippen LogP contribution in [0.15, 0.2) is 46.9 Å². The lowest BCUT2D eigenvalue weighted by Crippen LogP contribution is -2.10. The van der Waals surface area contributed by atoms with Gasteiger partial charge in [0.15, 0.2) is 10.8 Å². The zero-order valence-corrected chi connectivity index (χ0v) is 21.7. The van der Waals surface area contributed by atoms with E-state index in [1.807, 2.05) is 24.3 Å². The van der Waals surface area contributed by atoms with Gasteiger partial charge in [0.2, 0.25) is 0 Å². The van der Waals surface area contributed by atoms with Crippen molar-refractivity contribution in [2.45, 2.75) is 33.1 Å². The molecule has 0 saturated heterocycles. The summed E-state index contributed by atoms with van der Waals surface area (Å²) in [5, 5.41) is 15.9. The minimum atomic E-state index is -0.164. The van der Waals surface area contributed by atoms with E-state index in [1.165, 1.54) is 18.3 Å². The Morgan fingerprint density at radius 3 is 2.31 bits per heavy atom. The van der Waals surface area contributed by atoms with Gasteiger partial charge in [-0.2, -0.15) is 5.10 Å². The SMILES string of the molecule is CC(=O)c1c(-c2nnc(C(C)(C)C)s2)nn(-c2ccc(Cl)cc2Cl)c1-c1ccc(Br)cc1. The van der Waals surface area contributed by atoms with Gasteiger partial charge in [-0.25, -0.2) is 4.68 Å². The van der Waals surface area contributed by atoms with Gasteiger partial charge in [0.05, 0.1) is 22.0 Å². The lowest BCUT2D eigenvalue weighted by Gasteiger charge is -2.12. The minimum Gasteiger partial charge on any atom is -0.294 e. The fourth-order valence-electron chi connectivity index (χ4n) is 3.22. The van der Waals surface area contributed by atoms with Gasteiger partial charge in [-0.1, -0.05) is 83.4 Å². The Balaban J connectivity index is 2.04. The molecule has 164 valence electrons. The molecule has 0 saturated carbocycles. The van der Waals surface area contributed by atoms with E-state index in [2.05, 4.69) is 46.9 Å². The van der Waals surface area contributed by atoms with Crippen molar-refractivity contribution in [3.8, 4) is 27.6 Å². The van der Waals surface area contributed by atoms with Crippen molar-refractivity contribution >= 4 is 56.3 Å². The zero-order valence-electron chi connectivity index (χ0n) is 17.8. The molecule has 0 spiro atoms. The third-order valence-electron chi connectivity index (χ3n) is 4.76. The van der Waals surface area contributed by atoms with Crippen LogP contribution in [-0.2, 0) is 5.41 Å². The highest BCUT2D eigenvalue weighted by Gasteiger charge is 2.29. The van der Waals surface area contributed by atoms with Crippen molar-refractivity contribution < 1.29 is 4.79 Å². The fourth-order valence-corrected chi connectivity index (χ4v) is 4.87. The maximum atomic E-state index is 12.9. The van der Waals surface area contributed by atoms with Crippen molar-refractivity contribution in [3.05, 3.63) is 67.6 Å². The van der Waals surface area contributed by atoms with Crippen molar-refractivity contribution in [1.82, 2.24) is 20.0 Å². The Morgan fingerprint density at radius 2 is 1.75 bits per heavy atom. The second-order valence-corrected chi connectivity index (χ2v) is 11.0. The third kappa shape index (κ3) is 4.39. The van der Waals surface area contributed by atoms with Gasteiger partial charge >= 0.3 is 0 Å². The topological polar surface area (TPSA) is 60.7 Å². The van der Waals surface area contributed by atoms with Crippen LogP contribution in [0.1, 0.15) is 43.1 Å². The molecule has 2 heterocycles. The van der Waals surface area contributed by atoms with Crippen LogP contribution >= 0.6 is 50.5 Å². The summed E-state index contributed by atoms with van der Waals surface area (Å²) in [6, 6.07) is 12.9. The van der Waals surface area contributed by atoms with E-state index in [1.54, 1.807) is 22.9 Å². The molecule has 5 nitrogen and oxygen atoms in total. The first kappa shape index (κ1) is 23.1. The number of hydrogen-bond acceptors (Lipinski definition) is 5. The van der Waals surface area contributed by atoms with E-state index in [9.17, 15) is 4.79 Å². The molecule has 0 bridgehead atoms. The molecule has 32 heavy (non-hydrogen) atoms. The van der Waals surface area contributed by atoms with Gasteiger partial charge in [0, 0.05) is 20.5 Å². The van der Waals surface area contributed by atoms with E-state index >= 15 is 0 Å². The maximum absolute atomic E-state index is 12.9. The molecule has 0 aliphatic carbocycles. The van der Waals surface area contributed by atoms with E-state index < -0.39 is 0 Å². The monoisotopic (exact) mass is 548 g/mol. The summed E-state index contributed by atoms with van der Waals surface area (Å²) in [5.41, 5.74) is 2.86. The molecule has 9 heteroatoms. The number of nitrogens with zero attached hydrogens (tertiary/aromatic N) is 4. The van der Waals surface area contributed by atoms with Crippen LogP contribution in [0.4, 0.5) is 0 Å². The van der Waals surface area contributed by atoms with Crippen molar-refractivity contribution in [2.75, 3.05) is 0 Å². The first-order valence-electron chi connectivity index (χ1n) is 9.76. The number of halogens is 3. The van der Waals surface area contributed by atoms with Crippen LogP contribution in [0, 0.1) is 0 Å². The predicted molar refractivity (Wildman–Crippen MR) is 134 cm³/mol. The first-order chi connectivity index (χ1) is 15.1. The molecule has 2 aromatic heterocycles. The van der Waals surface area contributed by atoms with Gasteiger partial charge in [-0.3, -0.25) is 4.79 Å². The highest BCUT2D eigenvalue weighted by Crippen LogP contribution is 2.39. The Bertz CT molecular complexity index is 1320. The summed E-state index contributed by atoms with van der Waals surface area (Å²) in [5.74, 6) is -0.123. The number of benzene rings is 2. The largest absolute Gasteiger partial charge is 0.294 e. The number of carbonyl (C=O) groups excluding carboxylic acids is 1. The predicted octanol–water partition coefficient (Wildman–Crippen LogP) is 7.63. The van der Waals surface area contributed by atoms with Crippen LogP contribution < -0.4 is 0 Å². The molecule has 0 aliphatic rings. The highest BCUT2D eigenvalue weighted by molar-refractivity contribution is 9.10. The quantitative estimate of drug-likeness (QED) is 0.245. The highest BCUT2D eigenvalue weighted by atomic mass is 79.9. The van der Waals surface area contributed by atoms with Crippen molar-refractivity contribution in [1.29, 1.82) is 0 Å². The number of ketones is 1. The minimum absolute atomic E-state index is 0.123. The zero-order chi connectivity index (χ0) is 23.2. The van der Waals surface area contributed by atoms with Gasteiger partial charge in [0.25, 0.3) is 0 Å². The first-order valence-corrected chi connectivity index (χ1v) is 12.1. The molecule has 4 aromatic rings. The molecular weight excluding hydrogens is 531 g/mol. The van der Waals surface area contributed by atoms with E-state index in [0.29, 0.717) is 37.7 Å². The van der Waals surface area contributed by atoms with Crippen molar-refractivity contribution in [2.24, 2.45) is 0 Å². The summed E-state index contributed by atoms with van der Waals surface area (Å²) in [6.45, 7) is 7.75. The maximum Gasteiger partial charge on any atom is 0.168 e. The number of Topliss-reactive ketones (excluding diaryl/α,β-unsaturated/α-hetero) is 1. The van der Waals surface area contributed by atoms with Crippen LogP contribution in [0.3, 0.4) is 0 Å². The smallest absolute Gasteiger partial charge is 0.168 e. The second-order valence-electron chi connectivity index (χ2n) is 8.31. The van der Waals surface area contributed by atoms with E-state index in [4.69, 9.17) is 28.3 Å². The molecule has 0 amide bonds. The lowest BCUT2D eigenvalue weighted by molar-refractivity contribution is 0.101. The molecule has 0 aliphatic heterocycles. The van der Waals surface area contributed by atoms with Crippen LogP contribution in [0.5, 0.6) is 0 Å². The second kappa shape index (κ2) is 8.71. The Kier molecular flexibility index (Phi) is 6.29. The molecular formula is C23H19BrCl2N4OS. The average Bonchev–Trinajstić information content (AvgIpc) is 3.33. The van der Waals surface area contributed by atoms with E-state index in [-0.39, 0.29) is 11.2 Å². The Labute approximate surface area is 208 Å². The molecule has 0 fully saturated rings. The summed E-state index contributed by atoms with van der Waals surface area (Å²) in [7, 11) is 0. The number of rotatable bonds is 4. The van der Waals surface area contributed by atoms with Gasteiger partial charge in [-0.05, 0) is 37.3 Å². The molecule has 0 N–H and O–H groups in total. The molecule has 0 unspecified atom stereocenters. The lowest BCUT2D eigenvalue weighted by atomic mass is 9.98. The average molecular weight is 550 g/mol. The Morgan fingerprint density at radius 1 is 1.06 bits per heavy atom. The third-order valence-corrected chi connectivity index (χ3v) is 7.18. The fraction of sp³-hybridized carbons (Fsp3) is 0.217. The van der Waals surface area contributed by atoms with Crippen LogP contribution in [0.25, 0.3) is 27.6 Å². The van der Waals surface area contributed by atoms with Gasteiger partial charge in [-0.15, -0.1) is 10.2 Å². The molecule has 4 rings (SSSR count). The summed E-state index contributed by atoms with van der Waals surface area (Å²) < 4.78 is 2.62. The Hall–Kier alpha value is -2.06. The number of hydrogen-bond donors (Lipinski definition) is 0. The van der Waals surface area contributed by atoms with Crippen LogP contribution in [0.2, 0.25) is 10.0 Å². The van der Waals surface area contributed by atoms with Gasteiger partial charge < -0.3 is 0 Å². The van der Waals surface area contributed by atoms with E-state index in [0.717, 1.165) is 15.0 Å². The summed E-state index contributed by atoms with van der Waals surface area (Å²) in [4.78, 5) is 12.9. The van der Waals surface area contributed by atoms with Gasteiger partial charge in [0.1, 0.15) is 10.7 Å². The number of carbonyl (C=O) groups is 1. The van der Waals surface area contributed by atoms with Crippen LogP contribution in [-0.4, -0.2) is 25.8 Å². The molecule has 2 aromatic carbocycles. The summed E-state index contributed by atoms with van der Waals surface area (Å²) >= 11 is 17.6. The molecule has 0 radical (unpaired) electrons. The van der Waals surface area contributed by atoms with Crippen molar-refractivity contribution in [3.63, 3.8) is 0 Å². The normalized spacial score (nSPS) is 11.7.